The molecule has 0 aromatic heterocycles. The zero-order chi connectivity index (χ0) is 9.14. The van der Waals surface area contributed by atoms with Crippen LogP contribution in [0.15, 0.2) is 21.5 Å². The molecule has 0 unspecified atom stereocenters. The van der Waals surface area contributed by atoms with E-state index < -0.39 is 0 Å². The first-order valence-corrected chi connectivity index (χ1v) is 5.65. The average molecular weight is 268 g/mol. The Kier molecular flexibility index (Phi) is 3.75. The van der Waals surface area contributed by atoms with Crippen molar-refractivity contribution in [2.24, 2.45) is 0 Å². The van der Waals surface area contributed by atoms with Gasteiger partial charge in [-0.25, -0.2) is 0 Å². The van der Waals surface area contributed by atoms with Gasteiger partial charge in [0.2, 0.25) is 0 Å². The quantitative estimate of drug-likeness (QED) is 0.753. The van der Waals surface area contributed by atoms with Crippen molar-refractivity contribution in [1.29, 1.82) is 0 Å². The van der Waals surface area contributed by atoms with Crippen molar-refractivity contribution in [3.05, 3.63) is 21.6 Å². The molecule has 0 aliphatic rings. The molecule has 0 spiro atoms. The molecule has 0 heterocycles. The molecule has 0 aliphatic carbocycles. The minimum atomic E-state index is 0.671. The summed E-state index contributed by atoms with van der Waals surface area (Å²) in [7, 11) is 1.64. The first-order valence-electron chi connectivity index (χ1n) is 3.26. The highest BCUT2D eigenvalue weighted by Gasteiger charge is 2.05. The van der Waals surface area contributed by atoms with Crippen LogP contribution in [0.2, 0.25) is 5.02 Å². The lowest BCUT2D eigenvalue weighted by molar-refractivity contribution is 0.405. The molecule has 66 valence electrons. The maximum Gasteiger partial charge on any atom is 0.133 e. The summed E-state index contributed by atoms with van der Waals surface area (Å²) in [6.45, 7) is 0. The molecular weight excluding hydrogens is 260 g/mol. The standard InChI is InChI=1S/C8H8BrClOS/c1-11-7-4-6(10)5(9)3-8(7)12-2/h3-4H,1-2H3. The van der Waals surface area contributed by atoms with Crippen molar-refractivity contribution in [2.75, 3.05) is 13.4 Å². The normalized spacial score (nSPS) is 10.0. The van der Waals surface area contributed by atoms with Crippen molar-refractivity contribution < 1.29 is 4.74 Å². The number of benzene rings is 1. The molecule has 0 saturated heterocycles. The third-order valence-corrected chi connectivity index (χ3v) is 3.38. The van der Waals surface area contributed by atoms with Crippen LogP contribution in [0.4, 0.5) is 0 Å². The van der Waals surface area contributed by atoms with Gasteiger partial charge in [0.05, 0.1) is 17.0 Å². The Morgan fingerprint density at radius 2 is 2.17 bits per heavy atom. The summed E-state index contributed by atoms with van der Waals surface area (Å²) in [6.07, 6.45) is 2.00. The highest BCUT2D eigenvalue weighted by Crippen LogP contribution is 2.35. The van der Waals surface area contributed by atoms with Crippen LogP contribution in [-0.4, -0.2) is 13.4 Å². The van der Waals surface area contributed by atoms with Crippen LogP contribution in [0.25, 0.3) is 0 Å². The molecule has 0 fully saturated rings. The van der Waals surface area contributed by atoms with Gasteiger partial charge in [-0.05, 0) is 28.3 Å². The van der Waals surface area contributed by atoms with Crippen molar-refractivity contribution in [3.8, 4) is 5.75 Å². The van der Waals surface area contributed by atoms with E-state index in [2.05, 4.69) is 15.9 Å². The molecule has 0 saturated carbocycles. The van der Waals surface area contributed by atoms with E-state index in [4.69, 9.17) is 16.3 Å². The topological polar surface area (TPSA) is 9.23 Å². The summed E-state index contributed by atoms with van der Waals surface area (Å²) in [5, 5.41) is 0.671. The predicted molar refractivity (Wildman–Crippen MR) is 57.5 cm³/mol. The summed E-state index contributed by atoms with van der Waals surface area (Å²) >= 11 is 10.9. The van der Waals surface area contributed by atoms with Gasteiger partial charge in [0.15, 0.2) is 0 Å². The fraction of sp³-hybridized carbons (Fsp3) is 0.250. The van der Waals surface area contributed by atoms with Crippen molar-refractivity contribution in [3.63, 3.8) is 0 Å². The maximum absolute atomic E-state index is 5.89. The smallest absolute Gasteiger partial charge is 0.133 e. The Bertz CT molecular complexity index is 262. The maximum atomic E-state index is 5.89. The van der Waals surface area contributed by atoms with Gasteiger partial charge < -0.3 is 4.74 Å². The summed E-state index contributed by atoms with van der Waals surface area (Å²) in [5.74, 6) is 0.815. The Morgan fingerprint density at radius 3 is 2.67 bits per heavy atom. The zero-order valence-corrected chi connectivity index (χ0v) is 9.89. The van der Waals surface area contributed by atoms with Crippen LogP contribution < -0.4 is 4.74 Å². The molecule has 1 aromatic rings. The second-order valence-corrected chi connectivity index (χ2v) is 4.23. The number of halogens is 2. The van der Waals surface area contributed by atoms with Gasteiger partial charge in [0, 0.05) is 10.5 Å². The van der Waals surface area contributed by atoms with E-state index in [1.165, 1.54) is 0 Å². The van der Waals surface area contributed by atoms with Gasteiger partial charge in [0.25, 0.3) is 0 Å². The number of hydrogen-bond acceptors (Lipinski definition) is 2. The molecule has 0 bridgehead atoms. The van der Waals surface area contributed by atoms with Crippen LogP contribution in [0.3, 0.4) is 0 Å². The van der Waals surface area contributed by atoms with Crippen molar-refractivity contribution >= 4 is 39.3 Å². The van der Waals surface area contributed by atoms with Crippen LogP contribution >= 0.6 is 39.3 Å². The van der Waals surface area contributed by atoms with Crippen molar-refractivity contribution in [2.45, 2.75) is 4.90 Å². The zero-order valence-electron chi connectivity index (χ0n) is 6.73. The highest BCUT2D eigenvalue weighted by molar-refractivity contribution is 9.10. The van der Waals surface area contributed by atoms with E-state index in [0.29, 0.717) is 5.02 Å². The molecular formula is C8H8BrClOS. The van der Waals surface area contributed by atoms with Crippen molar-refractivity contribution in [1.82, 2.24) is 0 Å². The van der Waals surface area contributed by atoms with E-state index in [-0.39, 0.29) is 0 Å². The average Bonchev–Trinajstić information content (AvgIpc) is 2.09. The molecule has 0 aliphatic heterocycles. The molecule has 1 aromatic carbocycles. The Labute approximate surface area is 89.6 Å². The monoisotopic (exact) mass is 266 g/mol. The molecule has 1 nitrogen and oxygen atoms in total. The fourth-order valence-corrected chi connectivity index (χ4v) is 2.06. The van der Waals surface area contributed by atoms with Gasteiger partial charge in [0.1, 0.15) is 5.75 Å². The van der Waals surface area contributed by atoms with Gasteiger partial charge in [-0.1, -0.05) is 11.6 Å². The van der Waals surface area contributed by atoms with Gasteiger partial charge in [-0.15, -0.1) is 11.8 Å². The van der Waals surface area contributed by atoms with Crippen LogP contribution in [0, 0.1) is 0 Å². The van der Waals surface area contributed by atoms with E-state index >= 15 is 0 Å². The van der Waals surface area contributed by atoms with Crippen LogP contribution in [0.5, 0.6) is 5.75 Å². The molecule has 0 radical (unpaired) electrons. The van der Waals surface area contributed by atoms with E-state index in [1.807, 2.05) is 12.3 Å². The number of rotatable bonds is 2. The minimum absolute atomic E-state index is 0.671. The van der Waals surface area contributed by atoms with E-state index in [9.17, 15) is 0 Å². The molecule has 4 heteroatoms. The molecule has 0 amide bonds. The summed E-state index contributed by atoms with van der Waals surface area (Å²) in [5.41, 5.74) is 0. The van der Waals surface area contributed by atoms with E-state index in [1.54, 1.807) is 24.9 Å². The molecule has 1 rings (SSSR count). The highest BCUT2D eigenvalue weighted by atomic mass is 79.9. The SMILES string of the molecule is COc1cc(Cl)c(Br)cc1SC. The van der Waals surface area contributed by atoms with Crippen LogP contribution in [0.1, 0.15) is 0 Å². The lowest BCUT2D eigenvalue weighted by atomic mass is 10.3. The number of ether oxygens (including phenoxy) is 1. The second kappa shape index (κ2) is 4.40. The molecule has 0 N–H and O–H groups in total. The summed E-state index contributed by atoms with van der Waals surface area (Å²) in [4.78, 5) is 1.08. The lowest BCUT2D eigenvalue weighted by Crippen LogP contribution is -1.86. The number of thioether (sulfide) groups is 1. The Balaban J connectivity index is 3.19. The van der Waals surface area contributed by atoms with Gasteiger partial charge in [-0.2, -0.15) is 0 Å². The first kappa shape index (κ1) is 10.2. The minimum Gasteiger partial charge on any atom is -0.496 e. The first-order chi connectivity index (χ1) is 5.69. The van der Waals surface area contributed by atoms with Gasteiger partial charge in [-0.3, -0.25) is 0 Å². The predicted octanol–water partition coefficient (Wildman–Crippen LogP) is 3.83. The number of hydrogen-bond donors (Lipinski definition) is 0. The third-order valence-electron chi connectivity index (χ3n) is 1.43. The third kappa shape index (κ3) is 2.09. The fourth-order valence-electron chi connectivity index (χ4n) is 0.829. The van der Waals surface area contributed by atoms with E-state index in [0.717, 1.165) is 15.1 Å². The number of methoxy groups -OCH3 is 1. The summed E-state index contributed by atoms with van der Waals surface area (Å²) < 4.78 is 6.04. The Hall–Kier alpha value is 0.140. The van der Waals surface area contributed by atoms with Gasteiger partial charge >= 0.3 is 0 Å². The second-order valence-electron chi connectivity index (χ2n) is 2.12. The lowest BCUT2D eigenvalue weighted by Gasteiger charge is -2.07. The molecule has 0 atom stereocenters. The van der Waals surface area contributed by atoms with Crippen LogP contribution in [-0.2, 0) is 0 Å². The summed E-state index contributed by atoms with van der Waals surface area (Å²) in [6, 6.07) is 3.75. The molecule has 12 heavy (non-hydrogen) atoms. The Morgan fingerprint density at radius 1 is 1.50 bits per heavy atom. The largest absolute Gasteiger partial charge is 0.496 e.